The van der Waals surface area contributed by atoms with Crippen LogP contribution in [0.25, 0.3) is 5.69 Å². The molecule has 0 unspecified atom stereocenters. The van der Waals surface area contributed by atoms with Crippen LogP contribution >= 0.6 is 0 Å². The molecule has 0 spiro atoms. The molecule has 0 aliphatic heterocycles. The number of carbonyl (C=O) groups excluding carboxylic acids is 1. The third-order valence-electron chi connectivity index (χ3n) is 2.80. The molecule has 0 saturated carbocycles. The van der Waals surface area contributed by atoms with Crippen LogP contribution in [0, 0.1) is 0 Å². The van der Waals surface area contributed by atoms with Crippen molar-refractivity contribution in [3.8, 4) is 5.69 Å². The van der Waals surface area contributed by atoms with Gasteiger partial charge in [0.05, 0.1) is 18.1 Å². The first-order chi connectivity index (χ1) is 9.44. The fourth-order valence-corrected chi connectivity index (χ4v) is 1.69. The van der Waals surface area contributed by atoms with Crippen LogP contribution in [0.2, 0.25) is 0 Å². The van der Waals surface area contributed by atoms with E-state index in [9.17, 15) is 4.79 Å². The molecule has 1 aromatic heterocycles. The lowest BCUT2D eigenvalue weighted by atomic mass is 10.00. The number of aromatic nitrogens is 3. The van der Waals surface area contributed by atoms with E-state index in [0.29, 0.717) is 12.8 Å². The van der Waals surface area contributed by atoms with Crippen LogP contribution in [0.1, 0.15) is 26.7 Å². The number of nitrogens with zero attached hydrogens (tertiary/aromatic N) is 3. The van der Waals surface area contributed by atoms with E-state index >= 15 is 0 Å². The van der Waals surface area contributed by atoms with E-state index in [1.54, 1.807) is 12.4 Å². The first kappa shape index (κ1) is 14.2. The predicted octanol–water partition coefficient (Wildman–Crippen LogP) is 1.72. The van der Waals surface area contributed by atoms with Crippen molar-refractivity contribution >= 4 is 11.6 Å². The first-order valence-electron chi connectivity index (χ1n) is 6.49. The second-order valence-electron chi connectivity index (χ2n) is 5.40. The Labute approximate surface area is 118 Å². The second-order valence-corrected chi connectivity index (χ2v) is 5.40. The first-order valence-corrected chi connectivity index (χ1v) is 6.49. The molecule has 1 amide bonds. The highest BCUT2D eigenvalue weighted by Crippen LogP contribution is 2.13. The summed E-state index contributed by atoms with van der Waals surface area (Å²) < 4.78 is 0. The molecule has 1 aromatic carbocycles. The van der Waals surface area contributed by atoms with Crippen molar-refractivity contribution in [2.45, 2.75) is 32.2 Å². The lowest BCUT2D eigenvalue weighted by Crippen LogP contribution is -2.33. The van der Waals surface area contributed by atoms with Gasteiger partial charge in [-0.25, -0.2) is 0 Å². The van der Waals surface area contributed by atoms with Crippen LogP contribution < -0.4 is 11.1 Å². The van der Waals surface area contributed by atoms with Crippen LogP contribution in [0.15, 0.2) is 36.7 Å². The van der Waals surface area contributed by atoms with Gasteiger partial charge in [-0.1, -0.05) is 0 Å². The Kier molecular flexibility index (Phi) is 4.14. The maximum atomic E-state index is 11.8. The highest BCUT2D eigenvalue weighted by atomic mass is 16.1. The molecule has 0 atom stereocenters. The van der Waals surface area contributed by atoms with Crippen molar-refractivity contribution in [1.82, 2.24) is 15.0 Å². The number of anilines is 1. The molecule has 6 nitrogen and oxygen atoms in total. The number of benzene rings is 1. The number of rotatable bonds is 5. The van der Waals surface area contributed by atoms with Crippen LogP contribution in [-0.4, -0.2) is 26.4 Å². The maximum absolute atomic E-state index is 11.8. The van der Waals surface area contributed by atoms with Gasteiger partial charge in [0.15, 0.2) is 0 Å². The van der Waals surface area contributed by atoms with Gasteiger partial charge in [0.1, 0.15) is 0 Å². The number of nitrogens with one attached hydrogen (secondary N) is 1. The molecule has 0 aliphatic rings. The molecule has 3 N–H and O–H groups in total. The van der Waals surface area contributed by atoms with Crippen LogP contribution in [0.5, 0.6) is 0 Å². The Morgan fingerprint density at radius 1 is 1.25 bits per heavy atom. The Morgan fingerprint density at radius 3 is 2.40 bits per heavy atom. The Bertz CT molecular complexity index is 554. The van der Waals surface area contributed by atoms with E-state index < -0.39 is 0 Å². The molecule has 6 heteroatoms. The molecule has 106 valence electrons. The molecule has 20 heavy (non-hydrogen) atoms. The highest BCUT2D eigenvalue weighted by molar-refractivity contribution is 5.90. The lowest BCUT2D eigenvalue weighted by molar-refractivity contribution is -0.116. The SMILES string of the molecule is CC(C)(N)CCC(=O)Nc1ccc(-n2nccn2)cc1. The van der Waals surface area contributed by atoms with E-state index in [0.717, 1.165) is 11.4 Å². The largest absolute Gasteiger partial charge is 0.326 e. The molecule has 0 bridgehead atoms. The lowest BCUT2D eigenvalue weighted by Gasteiger charge is -2.17. The topological polar surface area (TPSA) is 85.8 Å². The smallest absolute Gasteiger partial charge is 0.224 e. The van der Waals surface area contributed by atoms with Gasteiger partial charge in [0.25, 0.3) is 0 Å². The van der Waals surface area contributed by atoms with Crippen molar-refractivity contribution in [2.24, 2.45) is 5.73 Å². The Balaban J connectivity index is 1.92. The minimum atomic E-state index is -0.326. The fourth-order valence-electron chi connectivity index (χ4n) is 1.69. The number of nitrogens with two attached hydrogens (primary N) is 1. The van der Waals surface area contributed by atoms with Crippen molar-refractivity contribution in [3.05, 3.63) is 36.7 Å². The maximum Gasteiger partial charge on any atom is 0.224 e. The van der Waals surface area contributed by atoms with Crippen molar-refractivity contribution in [1.29, 1.82) is 0 Å². The minimum absolute atomic E-state index is 0.0338. The van der Waals surface area contributed by atoms with Crippen molar-refractivity contribution in [3.63, 3.8) is 0 Å². The van der Waals surface area contributed by atoms with Gasteiger partial charge in [-0.2, -0.15) is 15.0 Å². The zero-order chi connectivity index (χ0) is 14.6. The van der Waals surface area contributed by atoms with Gasteiger partial charge in [0, 0.05) is 17.6 Å². The quantitative estimate of drug-likeness (QED) is 0.868. The van der Waals surface area contributed by atoms with E-state index in [1.165, 1.54) is 4.80 Å². The summed E-state index contributed by atoms with van der Waals surface area (Å²) >= 11 is 0. The van der Waals surface area contributed by atoms with Gasteiger partial charge in [-0.05, 0) is 44.5 Å². The molecule has 0 fully saturated rings. The molecule has 0 radical (unpaired) electrons. The van der Waals surface area contributed by atoms with Crippen LogP contribution in [0.4, 0.5) is 5.69 Å². The Hall–Kier alpha value is -2.21. The number of amides is 1. The normalized spacial score (nSPS) is 11.3. The number of hydrogen-bond acceptors (Lipinski definition) is 4. The standard InChI is InChI=1S/C14H19N5O/c1-14(2,15)8-7-13(20)18-11-3-5-12(6-4-11)19-16-9-10-17-19/h3-6,9-10H,7-8,15H2,1-2H3,(H,18,20). The van der Waals surface area contributed by atoms with E-state index in [4.69, 9.17) is 5.73 Å². The summed E-state index contributed by atoms with van der Waals surface area (Å²) in [7, 11) is 0. The van der Waals surface area contributed by atoms with Gasteiger partial charge >= 0.3 is 0 Å². The average molecular weight is 273 g/mol. The summed E-state index contributed by atoms with van der Waals surface area (Å²) in [6, 6.07) is 7.35. The molecular weight excluding hydrogens is 254 g/mol. The van der Waals surface area contributed by atoms with E-state index in [-0.39, 0.29) is 11.4 Å². The highest BCUT2D eigenvalue weighted by Gasteiger charge is 2.13. The van der Waals surface area contributed by atoms with Gasteiger partial charge in [0.2, 0.25) is 5.91 Å². The zero-order valence-corrected chi connectivity index (χ0v) is 11.7. The fraction of sp³-hybridized carbons (Fsp3) is 0.357. The van der Waals surface area contributed by atoms with Gasteiger partial charge < -0.3 is 11.1 Å². The Morgan fingerprint density at radius 2 is 1.85 bits per heavy atom. The van der Waals surface area contributed by atoms with E-state index in [1.807, 2.05) is 38.1 Å². The molecule has 2 rings (SSSR count). The average Bonchev–Trinajstić information content (AvgIpc) is 2.90. The predicted molar refractivity (Wildman–Crippen MR) is 77.5 cm³/mol. The van der Waals surface area contributed by atoms with Crippen LogP contribution in [-0.2, 0) is 4.79 Å². The summed E-state index contributed by atoms with van der Waals surface area (Å²) in [6.45, 7) is 3.82. The van der Waals surface area contributed by atoms with Crippen molar-refractivity contribution in [2.75, 3.05) is 5.32 Å². The van der Waals surface area contributed by atoms with Crippen LogP contribution in [0.3, 0.4) is 0 Å². The summed E-state index contributed by atoms with van der Waals surface area (Å²) in [5.41, 5.74) is 7.12. The van der Waals surface area contributed by atoms with Gasteiger partial charge in [-0.3, -0.25) is 4.79 Å². The minimum Gasteiger partial charge on any atom is -0.326 e. The molecule has 1 heterocycles. The third kappa shape index (κ3) is 4.17. The molecule has 0 aliphatic carbocycles. The monoisotopic (exact) mass is 273 g/mol. The molecule has 0 saturated heterocycles. The van der Waals surface area contributed by atoms with Crippen molar-refractivity contribution < 1.29 is 4.79 Å². The summed E-state index contributed by atoms with van der Waals surface area (Å²) in [6.07, 6.45) is 4.29. The second kappa shape index (κ2) is 5.83. The third-order valence-corrected chi connectivity index (χ3v) is 2.80. The molecular formula is C14H19N5O. The number of hydrogen-bond donors (Lipinski definition) is 2. The number of carbonyl (C=O) groups is 1. The molecule has 2 aromatic rings. The summed E-state index contributed by atoms with van der Waals surface area (Å²) in [5.74, 6) is -0.0338. The zero-order valence-electron chi connectivity index (χ0n) is 11.7. The summed E-state index contributed by atoms with van der Waals surface area (Å²) in [4.78, 5) is 13.3. The summed E-state index contributed by atoms with van der Waals surface area (Å²) in [5, 5.41) is 10.9. The van der Waals surface area contributed by atoms with E-state index in [2.05, 4.69) is 15.5 Å². The van der Waals surface area contributed by atoms with Gasteiger partial charge in [-0.15, -0.1) is 0 Å².